The third-order valence-corrected chi connectivity index (χ3v) is 7.68. The van der Waals surface area contributed by atoms with Crippen LogP contribution >= 0.6 is 0 Å². The summed E-state index contributed by atoms with van der Waals surface area (Å²) in [5, 5.41) is 13.2. The molecule has 4 aromatic rings. The van der Waals surface area contributed by atoms with Crippen LogP contribution in [0.2, 0.25) is 0 Å². The number of allylic oxidation sites excluding steroid dienone is 2. The van der Waals surface area contributed by atoms with Gasteiger partial charge in [-0.3, -0.25) is 0 Å². The summed E-state index contributed by atoms with van der Waals surface area (Å²) in [7, 11) is 0. The zero-order chi connectivity index (χ0) is 34.3. The predicted molar refractivity (Wildman–Crippen MR) is 192 cm³/mol. The van der Waals surface area contributed by atoms with E-state index in [1.165, 1.54) is 24.5 Å². The minimum atomic E-state index is -0.271. The van der Waals surface area contributed by atoms with Crippen LogP contribution < -0.4 is 32.7 Å². The number of benzene rings is 2. The number of unbranched alkanes of at least 4 members (excludes halogenated alkanes) is 2. The first kappa shape index (κ1) is 35.6. The highest BCUT2D eigenvalue weighted by molar-refractivity contribution is 5.65. The molecule has 0 aliphatic rings. The molecule has 0 amide bonds. The van der Waals surface area contributed by atoms with E-state index in [1.807, 2.05) is 32.9 Å². The average Bonchev–Trinajstić information content (AvgIpc) is 3.08. The maximum absolute atomic E-state index is 14.2. The van der Waals surface area contributed by atoms with Gasteiger partial charge in [-0.15, -0.1) is 0 Å². The summed E-state index contributed by atoms with van der Waals surface area (Å²) in [6.45, 7) is 8.05. The van der Waals surface area contributed by atoms with Crippen molar-refractivity contribution < 1.29 is 8.78 Å². The van der Waals surface area contributed by atoms with Crippen molar-refractivity contribution in [3.63, 3.8) is 0 Å². The first-order valence-corrected chi connectivity index (χ1v) is 16.3. The van der Waals surface area contributed by atoms with Gasteiger partial charge in [-0.25, -0.2) is 28.7 Å². The smallest absolute Gasteiger partial charge is 0.161 e. The van der Waals surface area contributed by atoms with Crippen LogP contribution in [0.3, 0.4) is 0 Å². The van der Waals surface area contributed by atoms with Crippen LogP contribution in [0.5, 0.6) is 0 Å². The van der Waals surface area contributed by atoms with Crippen molar-refractivity contribution in [2.75, 3.05) is 34.4 Å². The number of rotatable bonds is 18. The third kappa shape index (κ3) is 10.4. The van der Waals surface area contributed by atoms with Gasteiger partial charge >= 0.3 is 0 Å². The normalized spacial score (nSPS) is 11.9. The zero-order valence-electron chi connectivity index (χ0n) is 27.9. The van der Waals surface area contributed by atoms with Gasteiger partial charge in [0.2, 0.25) is 0 Å². The Morgan fingerprint density at radius 3 is 1.54 bits per heavy atom. The fourth-order valence-electron chi connectivity index (χ4n) is 4.92. The molecule has 0 aliphatic carbocycles. The largest absolute Gasteiger partial charge is 0.404 e. The molecule has 48 heavy (non-hydrogen) atoms. The van der Waals surface area contributed by atoms with Crippen molar-refractivity contribution in [1.29, 1.82) is 0 Å². The van der Waals surface area contributed by atoms with Crippen LogP contribution in [-0.2, 0) is 13.1 Å². The van der Waals surface area contributed by atoms with Crippen LogP contribution in [0.4, 0.5) is 32.1 Å². The SMILES string of the molecule is CC/C(=C/N)c1nc(NCCCCCNc2cc(NCc3ccccc3F)nc(/C(=C\N)C(C)C)n2)cc(NCc2ccccc2F)n1. The van der Waals surface area contributed by atoms with Crippen molar-refractivity contribution in [2.24, 2.45) is 17.4 Å². The lowest BCUT2D eigenvalue weighted by molar-refractivity contribution is 0.612. The van der Waals surface area contributed by atoms with Crippen molar-refractivity contribution in [1.82, 2.24) is 19.9 Å². The van der Waals surface area contributed by atoms with E-state index in [0.717, 1.165) is 30.4 Å². The third-order valence-electron chi connectivity index (χ3n) is 7.68. The summed E-state index contributed by atoms with van der Waals surface area (Å²) in [5.74, 6) is 3.14. The maximum Gasteiger partial charge on any atom is 0.161 e. The number of halogens is 2. The molecule has 0 atom stereocenters. The Morgan fingerprint density at radius 1 is 0.667 bits per heavy atom. The highest BCUT2D eigenvalue weighted by Crippen LogP contribution is 2.24. The maximum atomic E-state index is 14.2. The molecule has 0 unspecified atom stereocenters. The Labute approximate surface area is 281 Å². The molecular formula is C36H46F2N10. The predicted octanol–water partition coefficient (Wildman–Crippen LogP) is 7.13. The molecule has 0 spiro atoms. The molecule has 2 heterocycles. The van der Waals surface area contributed by atoms with Gasteiger partial charge in [0.1, 0.15) is 34.9 Å². The number of aromatic nitrogens is 4. The number of nitrogens with zero attached hydrogens (tertiary/aromatic N) is 4. The lowest BCUT2D eigenvalue weighted by Gasteiger charge is -2.15. The highest BCUT2D eigenvalue weighted by Gasteiger charge is 2.14. The summed E-state index contributed by atoms with van der Waals surface area (Å²) in [5.41, 5.74) is 14.5. The van der Waals surface area contributed by atoms with Gasteiger partial charge in [-0.2, -0.15) is 0 Å². The standard InChI is InChI=1S/C36H46F2N10/c1-4-25(20-39)35-45-31(18-33(46-35)43-22-26-12-6-8-14-29(26)37)41-16-10-5-11-17-42-32-19-34(44-23-27-13-7-9-15-30(27)38)48-36(47-32)28(21-40)24(2)3/h6-9,12-15,18-21,24H,4-5,10-11,16-17,22-23,39-40H2,1-3H3,(H2,41,43,45,46)(H2,42,44,47,48)/b25-20-,28-21-. The minimum Gasteiger partial charge on any atom is -0.404 e. The van der Waals surface area contributed by atoms with E-state index < -0.39 is 0 Å². The van der Waals surface area contributed by atoms with Crippen molar-refractivity contribution in [3.05, 3.63) is 107 Å². The quantitative estimate of drug-likeness (QED) is 0.0610. The first-order chi connectivity index (χ1) is 23.3. The molecule has 2 aromatic heterocycles. The second kappa shape index (κ2) is 18.2. The van der Waals surface area contributed by atoms with Crippen molar-refractivity contribution in [2.45, 2.75) is 59.5 Å². The van der Waals surface area contributed by atoms with E-state index in [0.29, 0.717) is 72.1 Å². The Hall–Kier alpha value is -5.26. The minimum absolute atomic E-state index is 0.127. The van der Waals surface area contributed by atoms with Crippen LogP contribution in [0, 0.1) is 17.6 Å². The molecule has 0 radical (unpaired) electrons. The van der Waals surface area contributed by atoms with Crippen molar-refractivity contribution in [3.8, 4) is 0 Å². The molecule has 0 aliphatic heterocycles. The van der Waals surface area contributed by atoms with E-state index in [2.05, 4.69) is 36.2 Å². The number of nitrogens with one attached hydrogen (secondary N) is 4. The Kier molecular flexibility index (Phi) is 13.5. The molecule has 0 bridgehead atoms. The molecule has 0 saturated carbocycles. The van der Waals surface area contributed by atoms with Gasteiger partial charge in [-0.1, -0.05) is 57.2 Å². The Morgan fingerprint density at radius 2 is 1.12 bits per heavy atom. The molecule has 2 aromatic carbocycles. The first-order valence-electron chi connectivity index (χ1n) is 16.3. The second-order valence-electron chi connectivity index (χ2n) is 11.6. The van der Waals surface area contributed by atoms with E-state index in [-0.39, 0.29) is 24.1 Å². The fourth-order valence-corrected chi connectivity index (χ4v) is 4.92. The lowest BCUT2D eigenvalue weighted by Crippen LogP contribution is -2.12. The topological polar surface area (TPSA) is 152 Å². The Balaban J connectivity index is 1.32. The number of nitrogens with two attached hydrogens (primary N) is 2. The van der Waals surface area contributed by atoms with Crippen LogP contribution in [0.1, 0.15) is 69.2 Å². The van der Waals surface area contributed by atoms with Gasteiger partial charge < -0.3 is 32.7 Å². The number of hydrogen-bond donors (Lipinski definition) is 6. The number of hydrogen-bond acceptors (Lipinski definition) is 10. The molecule has 10 nitrogen and oxygen atoms in total. The van der Waals surface area contributed by atoms with Gasteiger partial charge in [0, 0.05) is 73.0 Å². The van der Waals surface area contributed by atoms with E-state index in [9.17, 15) is 8.78 Å². The number of anilines is 4. The highest BCUT2D eigenvalue weighted by atomic mass is 19.1. The summed E-state index contributed by atoms with van der Waals surface area (Å²) >= 11 is 0. The summed E-state index contributed by atoms with van der Waals surface area (Å²) in [6.07, 6.45) is 6.50. The molecule has 8 N–H and O–H groups in total. The molecule has 0 saturated heterocycles. The molecular weight excluding hydrogens is 610 g/mol. The summed E-state index contributed by atoms with van der Waals surface area (Å²) in [6, 6.07) is 16.9. The summed E-state index contributed by atoms with van der Waals surface area (Å²) in [4.78, 5) is 18.6. The zero-order valence-corrected chi connectivity index (χ0v) is 27.9. The van der Waals surface area contributed by atoms with Crippen LogP contribution in [-0.4, -0.2) is 33.0 Å². The second-order valence-corrected chi connectivity index (χ2v) is 11.6. The van der Waals surface area contributed by atoms with Crippen LogP contribution in [0.25, 0.3) is 11.1 Å². The van der Waals surface area contributed by atoms with E-state index in [4.69, 9.17) is 16.5 Å². The molecule has 0 fully saturated rings. The monoisotopic (exact) mass is 656 g/mol. The van der Waals surface area contributed by atoms with Gasteiger partial charge in [0.05, 0.1) is 0 Å². The van der Waals surface area contributed by atoms with Gasteiger partial charge in [0.25, 0.3) is 0 Å². The molecule has 254 valence electrons. The van der Waals surface area contributed by atoms with Crippen molar-refractivity contribution >= 4 is 34.4 Å². The molecule has 4 rings (SSSR count). The van der Waals surface area contributed by atoms with Crippen LogP contribution in [0.15, 0.2) is 73.1 Å². The Bertz CT molecular complexity index is 1690. The molecule has 12 heteroatoms. The van der Waals surface area contributed by atoms with E-state index in [1.54, 1.807) is 36.4 Å². The fraction of sp³-hybridized carbons (Fsp3) is 0.333. The average molecular weight is 657 g/mol. The summed E-state index contributed by atoms with van der Waals surface area (Å²) < 4.78 is 28.3. The van der Waals surface area contributed by atoms with E-state index >= 15 is 0 Å². The lowest BCUT2D eigenvalue weighted by atomic mass is 10.0. The van der Waals surface area contributed by atoms with Gasteiger partial charge in [-0.05, 0) is 43.7 Å². The van der Waals surface area contributed by atoms with Gasteiger partial charge in [0.15, 0.2) is 11.6 Å².